The minimum absolute atomic E-state index is 0.0582. The van der Waals surface area contributed by atoms with E-state index >= 15 is 0 Å². The molecule has 0 bridgehead atoms. The molecule has 222 valence electrons. The lowest BCUT2D eigenvalue weighted by atomic mass is 10.1. The summed E-state index contributed by atoms with van der Waals surface area (Å²) in [5.74, 6) is 1.74. The Morgan fingerprint density at radius 1 is 0.881 bits per heavy atom. The number of ether oxygens (including phenoxy) is 3. The van der Waals surface area contributed by atoms with Gasteiger partial charge in [-0.2, -0.15) is 13.2 Å². The second kappa shape index (κ2) is 14.1. The molecule has 0 fully saturated rings. The van der Waals surface area contributed by atoms with Crippen LogP contribution in [-0.2, 0) is 18.5 Å². The van der Waals surface area contributed by atoms with Crippen molar-refractivity contribution in [2.24, 2.45) is 0 Å². The van der Waals surface area contributed by atoms with E-state index in [2.05, 4.69) is 15.5 Å². The third-order valence-corrected chi connectivity index (χ3v) is 6.94. The maximum absolute atomic E-state index is 13.3. The molecular formula is C30H31F3N4O4S. The zero-order valence-electron chi connectivity index (χ0n) is 23.4. The normalized spacial score (nSPS) is 11.3. The van der Waals surface area contributed by atoms with E-state index in [9.17, 15) is 18.0 Å². The molecule has 42 heavy (non-hydrogen) atoms. The number of carbonyl (C=O) groups excluding carboxylic acids is 1. The Bertz CT molecular complexity index is 1450. The number of amides is 1. The number of aromatic nitrogens is 3. The SMILES string of the molecule is CCOc1cc(C(=O)NCc2nnc(SCc3ccc(C(F)(F)F)cc3)n2-c2ccccc2)cc(OCC)c1OCC. The summed E-state index contributed by atoms with van der Waals surface area (Å²) >= 11 is 1.33. The fourth-order valence-corrected chi connectivity index (χ4v) is 4.99. The van der Waals surface area contributed by atoms with Crippen LogP contribution in [0.15, 0.2) is 71.9 Å². The van der Waals surface area contributed by atoms with Crippen molar-refractivity contribution < 1.29 is 32.2 Å². The van der Waals surface area contributed by atoms with E-state index < -0.39 is 11.7 Å². The molecule has 1 aromatic heterocycles. The molecule has 0 atom stereocenters. The zero-order valence-corrected chi connectivity index (χ0v) is 24.2. The first-order valence-corrected chi connectivity index (χ1v) is 14.4. The monoisotopic (exact) mass is 600 g/mol. The van der Waals surface area contributed by atoms with E-state index in [4.69, 9.17) is 14.2 Å². The molecule has 0 radical (unpaired) electrons. The molecule has 0 unspecified atom stereocenters. The minimum atomic E-state index is -4.39. The first-order valence-electron chi connectivity index (χ1n) is 13.4. The van der Waals surface area contributed by atoms with Crippen molar-refractivity contribution in [3.63, 3.8) is 0 Å². The van der Waals surface area contributed by atoms with Crippen LogP contribution in [0.3, 0.4) is 0 Å². The average Bonchev–Trinajstić information content (AvgIpc) is 3.39. The summed E-state index contributed by atoms with van der Waals surface area (Å²) in [5.41, 5.74) is 1.11. The predicted molar refractivity (Wildman–Crippen MR) is 153 cm³/mol. The number of thioether (sulfide) groups is 1. The van der Waals surface area contributed by atoms with Gasteiger partial charge in [-0.15, -0.1) is 10.2 Å². The van der Waals surface area contributed by atoms with Gasteiger partial charge in [-0.25, -0.2) is 0 Å². The molecule has 8 nitrogen and oxygen atoms in total. The van der Waals surface area contributed by atoms with Gasteiger partial charge in [0.25, 0.3) is 5.91 Å². The number of nitrogens with zero attached hydrogens (tertiary/aromatic N) is 3. The molecule has 1 heterocycles. The summed E-state index contributed by atoms with van der Waals surface area (Å²) in [7, 11) is 0. The molecule has 0 aliphatic rings. The van der Waals surface area contributed by atoms with Crippen molar-refractivity contribution in [3.05, 3.63) is 89.2 Å². The second-order valence-corrected chi connectivity index (χ2v) is 9.78. The fraction of sp³-hybridized carbons (Fsp3) is 0.300. The van der Waals surface area contributed by atoms with Crippen LogP contribution in [0.1, 0.15) is 48.1 Å². The molecule has 0 saturated heterocycles. The topological polar surface area (TPSA) is 87.5 Å². The minimum Gasteiger partial charge on any atom is -0.490 e. The lowest BCUT2D eigenvalue weighted by molar-refractivity contribution is -0.137. The number of benzene rings is 3. The largest absolute Gasteiger partial charge is 0.490 e. The Labute approximate surface area is 246 Å². The smallest absolute Gasteiger partial charge is 0.416 e. The molecule has 0 saturated carbocycles. The van der Waals surface area contributed by atoms with E-state index in [1.807, 2.05) is 55.7 Å². The van der Waals surface area contributed by atoms with Crippen molar-refractivity contribution in [2.75, 3.05) is 19.8 Å². The zero-order chi connectivity index (χ0) is 30.1. The second-order valence-electron chi connectivity index (χ2n) is 8.84. The van der Waals surface area contributed by atoms with Crippen molar-refractivity contribution in [1.29, 1.82) is 0 Å². The van der Waals surface area contributed by atoms with Crippen molar-refractivity contribution in [2.45, 2.75) is 44.4 Å². The van der Waals surface area contributed by atoms with Gasteiger partial charge in [-0.1, -0.05) is 42.1 Å². The van der Waals surface area contributed by atoms with Gasteiger partial charge in [0.15, 0.2) is 22.5 Å². The summed E-state index contributed by atoms with van der Waals surface area (Å²) < 4.78 is 57.8. The standard InChI is InChI=1S/C30H31F3N4O4S/c1-4-39-24-16-21(17-25(40-5-2)27(24)41-6-3)28(38)34-18-26-35-36-29(37(26)23-10-8-7-9-11-23)42-19-20-12-14-22(15-13-20)30(31,32)33/h7-17H,4-6,18-19H2,1-3H3,(H,34,38). The summed E-state index contributed by atoms with van der Waals surface area (Å²) in [4.78, 5) is 13.3. The molecule has 3 aromatic carbocycles. The van der Waals surface area contributed by atoms with Crippen molar-refractivity contribution in [3.8, 4) is 22.9 Å². The first kappa shape index (κ1) is 30.8. The molecule has 1 amide bonds. The van der Waals surface area contributed by atoms with Crippen LogP contribution >= 0.6 is 11.8 Å². The van der Waals surface area contributed by atoms with Crippen LogP contribution in [0.4, 0.5) is 13.2 Å². The van der Waals surface area contributed by atoms with E-state index in [0.717, 1.165) is 17.8 Å². The van der Waals surface area contributed by atoms with Gasteiger partial charge in [-0.05, 0) is 62.7 Å². The lowest BCUT2D eigenvalue weighted by Crippen LogP contribution is -2.25. The van der Waals surface area contributed by atoms with Gasteiger partial charge < -0.3 is 19.5 Å². The molecule has 1 N–H and O–H groups in total. The third kappa shape index (κ3) is 7.55. The Hall–Kier alpha value is -4.19. The van der Waals surface area contributed by atoms with E-state index in [1.54, 1.807) is 12.1 Å². The molecule has 4 aromatic rings. The highest BCUT2D eigenvalue weighted by atomic mass is 32.2. The van der Waals surface area contributed by atoms with E-state index in [-0.39, 0.29) is 12.5 Å². The van der Waals surface area contributed by atoms with Gasteiger partial charge in [0.1, 0.15) is 0 Å². The number of nitrogens with one attached hydrogen (secondary N) is 1. The highest BCUT2D eigenvalue weighted by molar-refractivity contribution is 7.98. The number of carbonyl (C=O) groups is 1. The summed E-state index contributed by atoms with van der Waals surface area (Å²) in [5, 5.41) is 12.0. The first-order chi connectivity index (χ1) is 20.2. The van der Waals surface area contributed by atoms with Crippen LogP contribution in [0.5, 0.6) is 17.2 Å². The van der Waals surface area contributed by atoms with Gasteiger partial charge in [0.2, 0.25) is 5.75 Å². The maximum Gasteiger partial charge on any atom is 0.416 e. The molecule has 4 rings (SSSR count). The summed E-state index contributed by atoms with van der Waals surface area (Å²) in [6, 6.07) is 17.6. The van der Waals surface area contributed by atoms with Gasteiger partial charge in [-0.3, -0.25) is 9.36 Å². The number of halogens is 3. The van der Waals surface area contributed by atoms with Crippen LogP contribution in [0.2, 0.25) is 0 Å². The predicted octanol–water partition coefficient (Wildman–Crippen LogP) is 6.70. The van der Waals surface area contributed by atoms with E-state index in [0.29, 0.717) is 64.9 Å². The summed E-state index contributed by atoms with van der Waals surface area (Å²) in [6.07, 6.45) is -4.39. The molecular weight excluding hydrogens is 569 g/mol. The molecule has 0 spiro atoms. The molecule has 0 aliphatic heterocycles. The summed E-state index contributed by atoms with van der Waals surface area (Å²) in [6.45, 7) is 6.75. The van der Waals surface area contributed by atoms with Crippen molar-refractivity contribution in [1.82, 2.24) is 20.1 Å². The lowest BCUT2D eigenvalue weighted by Gasteiger charge is -2.17. The number of para-hydroxylation sites is 1. The molecule has 0 aliphatic carbocycles. The van der Waals surface area contributed by atoms with Gasteiger partial charge in [0.05, 0.1) is 31.9 Å². The average molecular weight is 601 g/mol. The Morgan fingerprint density at radius 3 is 2.07 bits per heavy atom. The Morgan fingerprint density at radius 2 is 1.50 bits per heavy atom. The Balaban J connectivity index is 1.55. The van der Waals surface area contributed by atoms with Crippen molar-refractivity contribution >= 4 is 17.7 Å². The third-order valence-electron chi connectivity index (χ3n) is 5.94. The molecule has 12 heteroatoms. The van der Waals surface area contributed by atoms with Crippen LogP contribution in [0, 0.1) is 0 Å². The van der Waals surface area contributed by atoms with Crippen LogP contribution < -0.4 is 19.5 Å². The number of hydrogen-bond acceptors (Lipinski definition) is 7. The van der Waals surface area contributed by atoms with Gasteiger partial charge >= 0.3 is 6.18 Å². The number of rotatable bonds is 13. The number of hydrogen-bond donors (Lipinski definition) is 1. The van der Waals surface area contributed by atoms with Crippen LogP contribution in [0.25, 0.3) is 5.69 Å². The quantitative estimate of drug-likeness (QED) is 0.171. The van der Waals surface area contributed by atoms with Gasteiger partial charge in [0, 0.05) is 17.0 Å². The fourth-order valence-electron chi connectivity index (χ4n) is 4.06. The van der Waals surface area contributed by atoms with Crippen LogP contribution in [-0.4, -0.2) is 40.5 Å². The van der Waals surface area contributed by atoms with E-state index in [1.165, 1.54) is 23.9 Å². The highest BCUT2D eigenvalue weighted by Gasteiger charge is 2.30. The Kier molecular flexibility index (Phi) is 10.3. The maximum atomic E-state index is 13.3. The number of alkyl halides is 3. The highest BCUT2D eigenvalue weighted by Crippen LogP contribution is 2.39.